The fraction of sp³-hybridized carbons (Fsp3) is 0.0698. The molecule has 0 N–H and O–H groups in total. The Morgan fingerprint density at radius 2 is 0.933 bits per heavy atom. The molecule has 0 spiro atoms. The van der Waals surface area contributed by atoms with Gasteiger partial charge in [0.2, 0.25) is 0 Å². The van der Waals surface area contributed by atoms with Crippen molar-refractivity contribution in [3.8, 4) is 67.5 Å². The molecule has 0 aliphatic carbocycles. The Kier molecular flexibility index (Phi) is 6.50. The first-order chi connectivity index (χ1) is 22.0. The monoisotopic (exact) mass is 580 g/mol. The average molecular weight is 581 g/mol. The predicted octanol–water partition coefficient (Wildman–Crippen LogP) is 12.0. The van der Waals surface area contributed by atoms with E-state index in [9.17, 15) is 0 Å². The fourth-order valence-corrected chi connectivity index (χ4v) is 6.54. The van der Waals surface area contributed by atoms with E-state index in [1.54, 1.807) is 0 Å². The molecule has 8 rings (SSSR count). The molecule has 1 aromatic heterocycles. The highest BCUT2D eigenvalue weighted by Gasteiger charge is 2.34. The summed E-state index contributed by atoms with van der Waals surface area (Å²) in [7, 11) is 0. The van der Waals surface area contributed by atoms with Gasteiger partial charge in [-0.25, -0.2) is 0 Å². The fourth-order valence-electron chi connectivity index (χ4n) is 6.54. The van der Waals surface area contributed by atoms with Crippen LogP contribution in [0.3, 0.4) is 0 Å². The van der Waals surface area contributed by atoms with Gasteiger partial charge in [-0.2, -0.15) is 0 Å². The summed E-state index contributed by atoms with van der Waals surface area (Å²) in [6.07, 6.45) is 0. The minimum Gasteiger partial charge on any atom is -0.457 e. The van der Waals surface area contributed by atoms with Crippen LogP contribution in [-0.4, -0.2) is 0 Å². The molecule has 0 amide bonds. The van der Waals surface area contributed by atoms with E-state index < -0.39 is 0 Å². The van der Waals surface area contributed by atoms with Crippen LogP contribution in [0.15, 0.2) is 162 Å². The SMILES string of the molecule is CC1(C)c2ccccc2Oc2cc(-c3ccc(-c4ccc(-c5ccc(-c6ccccc6)c(-c6ccccc6)c5)cc4)o3)ccc21. The summed E-state index contributed by atoms with van der Waals surface area (Å²) in [6.45, 7) is 4.50. The summed E-state index contributed by atoms with van der Waals surface area (Å²) in [5.41, 5.74) is 11.5. The maximum atomic E-state index is 6.40. The van der Waals surface area contributed by atoms with E-state index in [-0.39, 0.29) is 5.41 Å². The largest absolute Gasteiger partial charge is 0.457 e. The standard InChI is InChI=1S/C43H32O2/c1-43(2)37-15-9-10-16-41(37)45-42-28-34(22-24-38(42)43)40-26-25-39(44-40)32-19-17-29(18-20-32)33-21-23-35(30-11-5-3-6-12-30)36(27-33)31-13-7-4-8-14-31/h3-28H,1-2H3. The summed E-state index contributed by atoms with van der Waals surface area (Å²) in [4.78, 5) is 0. The number of para-hydroxylation sites is 1. The van der Waals surface area contributed by atoms with Crippen molar-refractivity contribution in [1.29, 1.82) is 0 Å². The summed E-state index contributed by atoms with van der Waals surface area (Å²) >= 11 is 0. The molecule has 2 heteroatoms. The number of rotatable bonds is 5. The van der Waals surface area contributed by atoms with Gasteiger partial charge in [-0.15, -0.1) is 0 Å². The molecule has 0 saturated heterocycles. The molecule has 0 bridgehead atoms. The Morgan fingerprint density at radius 3 is 1.67 bits per heavy atom. The Balaban J connectivity index is 1.08. The van der Waals surface area contributed by atoms with Crippen LogP contribution >= 0.6 is 0 Å². The minimum atomic E-state index is -0.136. The molecular weight excluding hydrogens is 548 g/mol. The maximum Gasteiger partial charge on any atom is 0.134 e. The second-order valence-corrected chi connectivity index (χ2v) is 12.2. The Hall–Kier alpha value is -5.60. The number of benzene rings is 6. The highest BCUT2D eigenvalue weighted by atomic mass is 16.5. The Labute approximate surface area is 264 Å². The smallest absolute Gasteiger partial charge is 0.134 e. The van der Waals surface area contributed by atoms with Gasteiger partial charge in [-0.05, 0) is 63.7 Å². The molecule has 45 heavy (non-hydrogen) atoms. The van der Waals surface area contributed by atoms with Gasteiger partial charge in [0.25, 0.3) is 0 Å². The van der Waals surface area contributed by atoms with Crippen molar-refractivity contribution in [2.24, 2.45) is 0 Å². The lowest BCUT2D eigenvalue weighted by Crippen LogP contribution is -2.24. The van der Waals surface area contributed by atoms with E-state index in [0.717, 1.165) is 39.7 Å². The molecule has 7 aromatic rings. The molecular formula is C43H32O2. The van der Waals surface area contributed by atoms with Crippen LogP contribution in [0, 0.1) is 0 Å². The van der Waals surface area contributed by atoms with Crippen molar-refractivity contribution in [3.63, 3.8) is 0 Å². The second-order valence-electron chi connectivity index (χ2n) is 12.2. The first-order valence-corrected chi connectivity index (χ1v) is 15.4. The minimum absolute atomic E-state index is 0.136. The number of hydrogen-bond donors (Lipinski definition) is 0. The van der Waals surface area contributed by atoms with Crippen LogP contribution in [0.1, 0.15) is 25.0 Å². The second kappa shape index (κ2) is 10.8. The van der Waals surface area contributed by atoms with Crippen LogP contribution < -0.4 is 4.74 Å². The van der Waals surface area contributed by atoms with E-state index >= 15 is 0 Å². The van der Waals surface area contributed by atoms with E-state index in [0.29, 0.717) is 0 Å². The van der Waals surface area contributed by atoms with Gasteiger partial charge in [0.15, 0.2) is 0 Å². The quantitative estimate of drug-likeness (QED) is 0.202. The molecule has 0 fully saturated rings. The third-order valence-corrected chi connectivity index (χ3v) is 9.02. The first kappa shape index (κ1) is 27.0. The lowest BCUT2D eigenvalue weighted by molar-refractivity contribution is 0.418. The van der Waals surface area contributed by atoms with Crippen LogP contribution in [0.4, 0.5) is 0 Å². The number of ether oxygens (including phenoxy) is 1. The van der Waals surface area contributed by atoms with E-state index in [1.165, 1.54) is 38.9 Å². The zero-order chi connectivity index (χ0) is 30.4. The molecule has 2 heterocycles. The summed E-state index contributed by atoms with van der Waals surface area (Å²) in [6, 6.07) is 55.4. The van der Waals surface area contributed by atoms with Gasteiger partial charge in [-0.1, -0.05) is 141 Å². The molecule has 0 unspecified atom stereocenters. The zero-order valence-corrected chi connectivity index (χ0v) is 25.3. The zero-order valence-electron chi connectivity index (χ0n) is 25.3. The van der Waals surface area contributed by atoms with Crippen molar-refractivity contribution >= 4 is 0 Å². The highest BCUT2D eigenvalue weighted by Crippen LogP contribution is 2.49. The molecule has 0 atom stereocenters. The normalized spacial score (nSPS) is 13.0. The topological polar surface area (TPSA) is 22.4 Å². The third kappa shape index (κ3) is 4.85. The van der Waals surface area contributed by atoms with Gasteiger partial charge < -0.3 is 9.15 Å². The van der Waals surface area contributed by atoms with E-state index in [4.69, 9.17) is 9.15 Å². The Bertz CT molecular complexity index is 2140. The van der Waals surface area contributed by atoms with Crippen molar-refractivity contribution in [1.82, 2.24) is 0 Å². The predicted molar refractivity (Wildman–Crippen MR) is 185 cm³/mol. The number of hydrogen-bond acceptors (Lipinski definition) is 2. The van der Waals surface area contributed by atoms with Gasteiger partial charge in [0, 0.05) is 27.7 Å². The average Bonchev–Trinajstić information content (AvgIpc) is 3.59. The van der Waals surface area contributed by atoms with Gasteiger partial charge in [0.1, 0.15) is 23.0 Å². The lowest BCUT2D eigenvalue weighted by atomic mass is 9.75. The van der Waals surface area contributed by atoms with Gasteiger partial charge in [0.05, 0.1) is 0 Å². The van der Waals surface area contributed by atoms with E-state index in [2.05, 4.69) is 147 Å². The summed E-state index contributed by atoms with van der Waals surface area (Å²) < 4.78 is 12.7. The molecule has 216 valence electrons. The maximum absolute atomic E-state index is 6.40. The van der Waals surface area contributed by atoms with Crippen LogP contribution in [0.2, 0.25) is 0 Å². The molecule has 6 aromatic carbocycles. The summed E-state index contributed by atoms with van der Waals surface area (Å²) in [5.74, 6) is 3.45. The van der Waals surface area contributed by atoms with Crippen LogP contribution in [-0.2, 0) is 5.41 Å². The highest BCUT2D eigenvalue weighted by molar-refractivity contribution is 5.87. The first-order valence-electron chi connectivity index (χ1n) is 15.4. The van der Waals surface area contributed by atoms with Crippen LogP contribution in [0.25, 0.3) is 56.0 Å². The number of fused-ring (bicyclic) bond motifs is 2. The van der Waals surface area contributed by atoms with Crippen molar-refractivity contribution < 1.29 is 9.15 Å². The third-order valence-electron chi connectivity index (χ3n) is 9.02. The Morgan fingerprint density at radius 1 is 0.378 bits per heavy atom. The van der Waals surface area contributed by atoms with Gasteiger partial charge in [-0.3, -0.25) is 0 Å². The molecule has 2 nitrogen and oxygen atoms in total. The van der Waals surface area contributed by atoms with Crippen molar-refractivity contribution in [3.05, 3.63) is 169 Å². The molecule has 0 saturated carbocycles. The van der Waals surface area contributed by atoms with Crippen molar-refractivity contribution in [2.45, 2.75) is 19.3 Å². The molecule has 1 aliphatic heterocycles. The number of furan rings is 1. The lowest BCUT2D eigenvalue weighted by Gasteiger charge is -2.34. The van der Waals surface area contributed by atoms with Crippen molar-refractivity contribution in [2.75, 3.05) is 0 Å². The van der Waals surface area contributed by atoms with Crippen LogP contribution in [0.5, 0.6) is 11.5 Å². The molecule has 0 radical (unpaired) electrons. The van der Waals surface area contributed by atoms with E-state index in [1.807, 2.05) is 24.3 Å². The van der Waals surface area contributed by atoms with Gasteiger partial charge >= 0.3 is 0 Å². The summed E-state index contributed by atoms with van der Waals surface area (Å²) in [5, 5.41) is 0. The molecule has 1 aliphatic rings.